The van der Waals surface area contributed by atoms with Crippen LogP contribution in [-0.2, 0) is 0 Å². The van der Waals surface area contributed by atoms with Crippen LogP contribution in [0.15, 0.2) is 47.4 Å². The fourth-order valence-electron chi connectivity index (χ4n) is 2.23. The molecule has 0 bridgehead atoms. The first-order chi connectivity index (χ1) is 9.67. The molecule has 0 aromatic heterocycles. The molecule has 0 amide bonds. The molecule has 1 N–H and O–H groups in total. The van der Waals surface area contributed by atoms with Crippen LogP contribution in [0.5, 0.6) is 0 Å². The molecule has 0 saturated carbocycles. The molecule has 2 aromatic rings. The van der Waals surface area contributed by atoms with Crippen molar-refractivity contribution in [2.24, 2.45) is 0 Å². The Morgan fingerprint density at radius 3 is 2.65 bits per heavy atom. The lowest BCUT2D eigenvalue weighted by Crippen LogP contribution is -2.23. The Bertz CT molecular complexity index is 588. The molecule has 0 radical (unpaired) electrons. The van der Waals surface area contributed by atoms with E-state index >= 15 is 0 Å². The van der Waals surface area contributed by atoms with E-state index in [1.54, 1.807) is 17.8 Å². The molecule has 1 atom stereocenters. The Hall–Kier alpha value is -1.03. The number of thioether (sulfide) groups is 1. The average Bonchev–Trinajstić information content (AvgIpc) is 2.47. The first kappa shape index (κ1) is 15.4. The van der Waals surface area contributed by atoms with E-state index in [0.29, 0.717) is 5.02 Å². The summed E-state index contributed by atoms with van der Waals surface area (Å²) in [6.07, 6.45) is 2.04. The summed E-state index contributed by atoms with van der Waals surface area (Å²) in [6, 6.07) is 12.5. The molecular formula is C16H17ClFNS. The van der Waals surface area contributed by atoms with Crippen LogP contribution in [0.4, 0.5) is 4.39 Å². The summed E-state index contributed by atoms with van der Waals surface area (Å²) in [5.74, 6) is -0.270. The standard InChI is InChI=1S/C16H17ClFNS/c1-3-19-16(12-6-4-5-7-15(12)20-2)13-10-11(18)8-9-14(13)17/h4-10,16,19H,3H2,1-2H3. The van der Waals surface area contributed by atoms with Crippen molar-refractivity contribution < 1.29 is 4.39 Å². The fourth-order valence-corrected chi connectivity index (χ4v) is 3.10. The zero-order valence-electron chi connectivity index (χ0n) is 11.5. The van der Waals surface area contributed by atoms with Gasteiger partial charge in [-0.2, -0.15) is 0 Å². The molecule has 2 aromatic carbocycles. The minimum atomic E-state index is -0.270. The molecule has 0 saturated heterocycles. The van der Waals surface area contributed by atoms with Crippen LogP contribution >= 0.6 is 23.4 Å². The van der Waals surface area contributed by atoms with E-state index < -0.39 is 0 Å². The second-order valence-electron chi connectivity index (χ2n) is 4.40. The van der Waals surface area contributed by atoms with Crippen LogP contribution in [0.3, 0.4) is 0 Å². The molecule has 4 heteroatoms. The number of rotatable bonds is 5. The van der Waals surface area contributed by atoms with Crippen LogP contribution in [0.25, 0.3) is 0 Å². The third-order valence-electron chi connectivity index (χ3n) is 3.13. The molecule has 0 heterocycles. The molecule has 0 aliphatic carbocycles. The van der Waals surface area contributed by atoms with Gasteiger partial charge in [-0.05, 0) is 48.2 Å². The summed E-state index contributed by atoms with van der Waals surface area (Å²) in [4.78, 5) is 1.17. The van der Waals surface area contributed by atoms with Gasteiger partial charge >= 0.3 is 0 Å². The van der Waals surface area contributed by atoms with Crippen molar-refractivity contribution in [2.75, 3.05) is 12.8 Å². The minimum Gasteiger partial charge on any atom is -0.306 e. The van der Waals surface area contributed by atoms with Crippen LogP contribution in [0.1, 0.15) is 24.1 Å². The van der Waals surface area contributed by atoms with E-state index in [4.69, 9.17) is 11.6 Å². The van der Waals surface area contributed by atoms with Gasteiger partial charge in [0.1, 0.15) is 5.82 Å². The Kier molecular flexibility index (Phi) is 5.46. The largest absolute Gasteiger partial charge is 0.306 e. The predicted molar refractivity (Wildman–Crippen MR) is 85.2 cm³/mol. The zero-order valence-corrected chi connectivity index (χ0v) is 13.1. The van der Waals surface area contributed by atoms with Gasteiger partial charge in [0, 0.05) is 9.92 Å². The lowest BCUT2D eigenvalue weighted by molar-refractivity contribution is 0.599. The topological polar surface area (TPSA) is 12.0 Å². The summed E-state index contributed by atoms with van der Waals surface area (Å²) < 4.78 is 13.6. The molecular weight excluding hydrogens is 293 g/mol. The van der Waals surface area contributed by atoms with E-state index in [1.807, 2.05) is 25.3 Å². The second kappa shape index (κ2) is 7.11. The molecule has 2 rings (SSSR count). The summed E-state index contributed by atoms with van der Waals surface area (Å²) in [6.45, 7) is 2.81. The average molecular weight is 310 g/mol. The molecule has 1 unspecified atom stereocenters. The predicted octanol–water partition coefficient (Wildman–Crippen LogP) is 4.90. The number of halogens is 2. The highest BCUT2D eigenvalue weighted by molar-refractivity contribution is 7.98. The maximum absolute atomic E-state index is 13.6. The minimum absolute atomic E-state index is 0.105. The molecule has 1 nitrogen and oxygen atoms in total. The Morgan fingerprint density at radius 1 is 1.20 bits per heavy atom. The van der Waals surface area contributed by atoms with Gasteiger partial charge in [-0.15, -0.1) is 11.8 Å². The first-order valence-corrected chi connectivity index (χ1v) is 8.09. The molecule has 0 fully saturated rings. The van der Waals surface area contributed by atoms with E-state index in [2.05, 4.69) is 17.4 Å². The molecule has 0 spiro atoms. The zero-order chi connectivity index (χ0) is 14.5. The quantitative estimate of drug-likeness (QED) is 0.788. The Balaban J connectivity index is 2.53. The van der Waals surface area contributed by atoms with Gasteiger partial charge in [-0.1, -0.05) is 36.7 Å². The third-order valence-corrected chi connectivity index (χ3v) is 4.28. The summed E-state index contributed by atoms with van der Waals surface area (Å²) in [5, 5.41) is 3.97. The maximum Gasteiger partial charge on any atom is 0.123 e. The van der Waals surface area contributed by atoms with Gasteiger partial charge in [0.15, 0.2) is 0 Å². The monoisotopic (exact) mass is 309 g/mol. The Labute approximate surface area is 128 Å². The van der Waals surface area contributed by atoms with Crippen molar-refractivity contribution in [3.8, 4) is 0 Å². The number of hydrogen-bond donors (Lipinski definition) is 1. The lowest BCUT2D eigenvalue weighted by Gasteiger charge is -2.22. The van der Waals surface area contributed by atoms with Crippen molar-refractivity contribution >= 4 is 23.4 Å². The summed E-state index contributed by atoms with van der Waals surface area (Å²) in [7, 11) is 0. The fraction of sp³-hybridized carbons (Fsp3) is 0.250. The van der Waals surface area contributed by atoms with Gasteiger partial charge in [-0.3, -0.25) is 0 Å². The normalized spacial score (nSPS) is 12.4. The van der Waals surface area contributed by atoms with Crippen LogP contribution in [0, 0.1) is 5.82 Å². The van der Waals surface area contributed by atoms with Crippen molar-refractivity contribution in [2.45, 2.75) is 17.9 Å². The molecule has 20 heavy (non-hydrogen) atoms. The van der Waals surface area contributed by atoms with Crippen molar-refractivity contribution in [3.05, 3.63) is 64.4 Å². The summed E-state index contributed by atoms with van der Waals surface area (Å²) >= 11 is 7.94. The van der Waals surface area contributed by atoms with Crippen molar-refractivity contribution in [1.82, 2.24) is 5.32 Å². The smallest absolute Gasteiger partial charge is 0.123 e. The number of benzene rings is 2. The van der Waals surface area contributed by atoms with E-state index in [-0.39, 0.29) is 11.9 Å². The van der Waals surface area contributed by atoms with Crippen LogP contribution < -0.4 is 5.32 Å². The van der Waals surface area contributed by atoms with Crippen molar-refractivity contribution in [3.63, 3.8) is 0 Å². The first-order valence-electron chi connectivity index (χ1n) is 6.48. The van der Waals surface area contributed by atoms with Gasteiger partial charge in [-0.25, -0.2) is 4.39 Å². The highest BCUT2D eigenvalue weighted by Gasteiger charge is 2.19. The van der Waals surface area contributed by atoms with Gasteiger partial charge in [0.2, 0.25) is 0 Å². The van der Waals surface area contributed by atoms with E-state index in [9.17, 15) is 4.39 Å². The number of hydrogen-bond acceptors (Lipinski definition) is 2. The molecule has 0 aliphatic rings. The van der Waals surface area contributed by atoms with E-state index in [0.717, 1.165) is 17.7 Å². The highest BCUT2D eigenvalue weighted by Crippen LogP contribution is 2.33. The molecule has 106 valence electrons. The highest BCUT2D eigenvalue weighted by atomic mass is 35.5. The lowest BCUT2D eigenvalue weighted by atomic mass is 9.98. The second-order valence-corrected chi connectivity index (χ2v) is 5.65. The Morgan fingerprint density at radius 2 is 1.95 bits per heavy atom. The van der Waals surface area contributed by atoms with Crippen molar-refractivity contribution in [1.29, 1.82) is 0 Å². The van der Waals surface area contributed by atoms with Gasteiger partial charge in [0.05, 0.1) is 6.04 Å². The molecule has 0 aliphatic heterocycles. The summed E-state index contributed by atoms with van der Waals surface area (Å²) in [5.41, 5.74) is 1.89. The van der Waals surface area contributed by atoms with Gasteiger partial charge in [0.25, 0.3) is 0 Å². The van der Waals surface area contributed by atoms with Gasteiger partial charge < -0.3 is 5.32 Å². The SMILES string of the molecule is CCNC(c1cc(F)ccc1Cl)c1ccccc1SC. The maximum atomic E-state index is 13.6. The third kappa shape index (κ3) is 3.35. The van der Waals surface area contributed by atoms with Crippen LogP contribution in [0.2, 0.25) is 5.02 Å². The number of nitrogens with one attached hydrogen (secondary N) is 1. The van der Waals surface area contributed by atoms with E-state index in [1.165, 1.54) is 17.0 Å². The van der Waals surface area contributed by atoms with Crippen LogP contribution in [-0.4, -0.2) is 12.8 Å².